The zero-order chi connectivity index (χ0) is 7.94. The minimum absolute atomic E-state index is 0.685. The number of aliphatic imine (C=N–C) groups is 1. The molecule has 0 saturated carbocycles. The van der Waals surface area contributed by atoms with Gasteiger partial charge in [0.05, 0.1) is 6.61 Å². The minimum atomic E-state index is 0.685. The molecule has 0 saturated heterocycles. The summed E-state index contributed by atoms with van der Waals surface area (Å²) in [5.74, 6) is 0. The van der Waals surface area contributed by atoms with Gasteiger partial charge in [-0.3, -0.25) is 0 Å². The van der Waals surface area contributed by atoms with Crippen LogP contribution in [0.5, 0.6) is 0 Å². The lowest BCUT2D eigenvalue weighted by molar-refractivity contribution is 0.267. The molecule has 0 aromatic carbocycles. The molecule has 1 rings (SSSR count). The van der Waals surface area contributed by atoms with E-state index in [1.54, 1.807) is 0 Å². The van der Waals surface area contributed by atoms with Crippen molar-refractivity contribution >= 4 is 6.02 Å². The van der Waals surface area contributed by atoms with E-state index in [1.165, 1.54) is 0 Å². The second kappa shape index (κ2) is 4.96. The second-order valence-electron chi connectivity index (χ2n) is 2.46. The first-order valence-electron chi connectivity index (χ1n) is 4.04. The number of hydrogen-bond acceptors (Lipinski definition) is 4. The molecule has 0 radical (unpaired) electrons. The van der Waals surface area contributed by atoms with Crippen molar-refractivity contribution in [2.45, 2.75) is 12.8 Å². The van der Waals surface area contributed by atoms with Crippen molar-refractivity contribution < 1.29 is 4.74 Å². The molecular formula is C7H15N3O. The number of nitrogens with zero attached hydrogens (tertiary/aromatic N) is 1. The maximum atomic E-state index is 5.32. The largest absolute Gasteiger partial charge is 0.465 e. The third-order valence-corrected chi connectivity index (χ3v) is 1.45. The Hall–Kier alpha value is -0.770. The van der Waals surface area contributed by atoms with Gasteiger partial charge in [-0.1, -0.05) is 0 Å². The molecule has 0 atom stereocenters. The van der Waals surface area contributed by atoms with Crippen LogP contribution in [0.25, 0.3) is 0 Å². The van der Waals surface area contributed by atoms with Crippen LogP contribution in [0, 0.1) is 0 Å². The van der Waals surface area contributed by atoms with Crippen molar-refractivity contribution in [3.8, 4) is 0 Å². The third kappa shape index (κ3) is 3.23. The van der Waals surface area contributed by atoms with E-state index in [4.69, 9.17) is 10.5 Å². The molecule has 1 aliphatic rings. The molecular weight excluding hydrogens is 142 g/mol. The topological polar surface area (TPSA) is 59.6 Å². The molecule has 64 valence electrons. The van der Waals surface area contributed by atoms with Gasteiger partial charge in [0.1, 0.15) is 0 Å². The molecule has 0 fully saturated rings. The van der Waals surface area contributed by atoms with Crippen LogP contribution in [0.4, 0.5) is 0 Å². The quantitative estimate of drug-likeness (QED) is 0.553. The summed E-state index contributed by atoms with van der Waals surface area (Å²) in [6.07, 6.45) is 1.99. The minimum Gasteiger partial charge on any atom is -0.465 e. The van der Waals surface area contributed by atoms with Gasteiger partial charge in [0.2, 0.25) is 0 Å². The summed E-state index contributed by atoms with van der Waals surface area (Å²) >= 11 is 0. The predicted octanol–water partition coefficient (Wildman–Crippen LogP) is -0.299. The Morgan fingerprint density at radius 1 is 1.64 bits per heavy atom. The fraction of sp³-hybridized carbons (Fsp3) is 0.857. The van der Waals surface area contributed by atoms with Gasteiger partial charge in [0.15, 0.2) is 0 Å². The standard InChI is InChI=1S/C7H15N3O/c8-3-1-4-9-7-10-5-2-6-11-7/h1-6,8H2,(H,9,10). The highest BCUT2D eigenvalue weighted by atomic mass is 16.5. The van der Waals surface area contributed by atoms with Crippen molar-refractivity contribution in [3.63, 3.8) is 0 Å². The monoisotopic (exact) mass is 157 g/mol. The summed E-state index contributed by atoms with van der Waals surface area (Å²) < 4.78 is 5.22. The Kier molecular flexibility index (Phi) is 3.75. The van der Waals surface area contributed by atoms with Gasteiger partial charge in [-0.2, -0.15) is 0 Å². The highest BCUT2D eigenvalue weighted by molar-refractivity contribution is 5.73. The predicted molar refractivity (Wildman–Crippen MR) is 44.5 cm³/mol. The lowest BCUT2D eigenvalue weighted by Crippen LogP contribution is -2.31. The molecule has 0 amide bonds. The maximum Gasteiger partial charge on any atom is 0.284 e. The van der Waals surface area contributed by atoms with E-state index in [1.807, 2.05) is 0 Å². The average molecular weight is 157 g/mol. The molecule has 0 bridgehead atoms. The van der Waals surface area contributed by atoms with Crippen molar-refractivity contribution in [1.82, 2.24) is 5.32 Å². The van der Waals surface area contributed by atoms with Gasteiger partial charge < -0.3 is 15.8 Å². The van der Waals surface area contributed by atoms with Crippen molar-refractivity contribution in [1.29, 1.82) is 0 Å². The molecule has 4 heteroatoms. The van der Waals surface area contributed by atoms with Crippen LogP contribution >= 0.6 is 0 Å². The zero-order valence-electron chi connectivity index (χ0n) is 6.68. The fourth-order valence-corrected chi connectivity index (χ4v) is 0.864. The van der Waals surface area contributed by atoms with Crippen molar-refractivity contribution in [2.24, 2.45) is 10.7 Å². The Balaban J connectivity index is 2.09. The first kappa shape index (κ1) is 8.33. The molecule has 0 aromatic heterocycles. The SMILES string of the molecule is NCCCNC1=NCCCO1. The van der Waals surface area contributed by atoms with E-state index in [0.717, 1.165) is 32.5 Å². The highest BCUT2D eigenvalue weighted by Gasteiger charge is 2.03. The summed E-state index contributed by atoms with van der Waals surface area (Å²) in [6, 6.07) is 0.685. The Morgan fingerprint density at radius 3 is 3.18 bits per heavy atom. The smallest absolute Gasteiger partial charge is 0.284 e. The summed E-state index contributed by atoms with van der Waals surface area (Å²) in [6.45, 7) is 3.23. The molecule has 1 heterocycles. The Bertz CT molecular complexity index is 136. The first-order chi connectivity index (χ1) is 5.43. The Labute approximate surface area is 66.8 Å². The number of ether oxygens (including phenoxy) is 1. The van der Waals surface area contributed by atoms with E-state index >= 15 is 0 Å². The van der Waals surface area contributed by atoms with E-state index < -0.39 is 0 Å². The number of nitrogens with two attached hydrogens (primary N) is 1. The molecule has 0 aromatic rings. The fourth-order valence-electron chi connectivity index (χ4n) is 0.864. The molecule has 4 nitrogen and oxygen atoms in total. The third-order valence-electron chi connectivity index (χ3n) is 1.45. The maximum absolute atomic E-state index is 5.32. The average Bonchev–Trinajstić information content (AvgIpc) is 2.07. The first-order valence-corrected chi connectivity index (χ1v) is 4.04. The summed E-state index contributed by atoms with van der Waals surface area (Å²) in [4.78, 5) is 4.14. The van der Waals surface area contributed by atoms with Crippen molar-refractivity contribution in [3.05, 3.63) is 0 Å². The van der Waals surface area contributed by atoms with E-state index in [9.17, 15) is 0 Å². The number of amidine groups is 1. The summed E-state index contributed by atoms with van der Waals surface area (Å²) in [7, 11) is 0. The van der Waals surface area contributed by atoms with Crippen LogP contribution in [0.1, 0.15) is 12.8 Å². The molecule has 1 aliphatic heterocycles. The number of rotatable bonds is 3. The van der Waals surface area contributed by atoms with Gasteiger partial charge in [-0.05, 0) is 13.0 Å². The van der Waals surface area contributed by atoms with Gasteiger partial charge in [0.25, 0.3) is 6.02 Å². The lowest BCUT2D eigenvalue weighted by Gasteiger charge is -2.14. The number of nitrogens with one attached hydrogen (secondary N) is 1. The van der Waals surface area contributed by atoms with Crippen molar-refractivity contribution in [2.75, 3.05) is 26.2 Å². The summed E-state index contributed by atoms with van der Waals surface area (Å²) in [5, 5.41) is 3.07. The molecule has 0 aliphatic carbocycles. The second-order valence-corrected chi connectivity index (χ2v) is 2.46. The molecule has 0 unspecified atom stereocenters. The normalized spacial score (nSPS) is 17.0. The molecule has 0 spiro atoms. The van der Waals surface area contributed by atoms with E-state index in [0.29, 0.717) is 12.6 Å². The van der Waals surface area contributed by atoms with Gasteiger partial charge in [-0.15, -0.1) is 0 Å². The van der Waals surface area contributed by atoms with Gasteiger partial charge >= 0.3 is 0 Å². The van der Waals surface area contributed by atoms with Crippen LogP contribution in [0.3, 0.4) is 0 Å². The van der Waals surface area contributed by atoms with Gasteiger partial charge in [-0.25, -0.2) is 4.99 Å². The lowest BCUT2D eigenvalue weighted by atomic mass is 10.4. The molecule has 11 heavy (non-hydrogen) atoms. The van der Waals surface area contributed by atoms with Crippen LogP contribution in [0.15, 0.2) is 4.99 Å². The number of hydrogen-bond donors (Lipinski definition) is 2. The highest BCUT2D eigenvalue weighted by Crippen LogP contribution is 1.93. The van der Waals surface area contributed by atoms with E-state index in [-0.39, 0.29) is 0 Å². The zero-order valence-corrected chi connectivity index (χ0v) is 6.68. The van der Waals surface area contributed by atoms with Crippen LogP contribution in [0.2, 0.25) is 0 Å². The van der Waals surface area contributed by atoms with Crippen LogP contribution in [-0.4, -0.2) is 32.3 Å². The van der Waals surface area contributed by atoms with Crippen LogP contribution in [-0.2, 0) is 4.74 Å². The van der Waals surface area contributed by atoms with Crippen LogP contribution < -0.4 is 11.1 Å². The molecule has 3 N–H and O–H groups in total. The van der Waals surface area contributed by atoms with Gasteiger partial charge in [0, 0.05) is 19.5 Å². The summed E-state index contributed by atoms with van der Waals surface area (Å²) in [5.41, 5.74) is 5.32. The van der Waals surface area contributed by atoms with E-state index in [2.05, 4.69) is 10.3 Å². The Morgan fingerprint density at radius 2 is 2.55 bits per heavy atom.